The fourth-order valence-corrected chi connectivity index (χ4v) is 2.25. The third-order valence-corrected chi connectivity index (χ3v) is 3.37. The molecule has 1 aromatic carbocycles. The van der Waals surface area contributed by atoms with E-state index in [1.165, 1.54) is 5.56 Å². The summed E-state index contributed by atoms with van der Waals surface area (Å²) in [7, 11) is 1.72. The molecule has 4 heteroatoms. The molecule has 1 rings (SSSR count). The molecule has 3 nitrogen and oxygen atoms in total. The van der Waals surface area contributed by atoms with E-state index in [9.17, 15) is 0 Å². The first-order valence-electron chi connectivity index (χ1n) is 6.88. The lowest BCUT2D eigenvalue weighted by Crippen LogP contribution is -2.13. The molecule has 0 atom stereocenters. The second-order valence-corrected chi connectivity index (χ2v) is 5.34. The van der Waals surface area contributed by atoms with Crippen molar-refractivity contribution in [1.82, 2.24) is 5.32 Å². The van der Waals surface area contributed by atoms with Gasteiger partial charge >= 0.3 is 0 Å². The Bertz CT molecular complexity index is 358. The highest BCUT2D eigenvalue weighted by Gasteiger charge is 2.02. The highest BCUT2D eigenvalue weighted by Crippen LogP contribution is 2.26. The molecular formula is C15H24BrNO2. The molecule has 0 aliphatic carbocycles. The van der Waals surface area contributed by atoms with Crippen molar-refractivity contribution in [2.75, 3.05) is 26.9 Å². The van der Waals surface area contributed by atoms with Crippen molar-refractivity contribution in [2.24, 2.45) is 0 Å². The first-order chi connectivity index (χ1) is 9.27. The smallest absolute Gasteiger partial charge is 0.133 e. The minimum Gasteiger partial charge on any atom is -0.492 e. The summed E-state index contributed by atoms with van der Waals surface area (Å²) in [4.78, 5) is 0. The third kappa shape index (κ3) is 6.95. The van der Waals surface area contributed by atoms with Crippen LogP contribution >= 0.6 is 15.9 Å². The number of halogens is 1. The van der Waals surface area contributed by atoms with E-state index in [-0.39, 0.29) is 0 Å². The van der Waals surface area contributed by atoms with Crippen molar-refractivity contribution in [2.45, 2.75) is 32.7 Å². The molecule has 0 unspecified atom stereocenters. The molecule has 1 aromatic rings. The van der Waals surface area contributed by atoms with Crippen LogP contribution in [0.4, 0.5) is 0 Å². The van der Waals surface area contributed by atoms with Crippen LogP contribution in [0.1, 0.15) is 31.7 Å². The summed E-state index contributed by atoms with van der Waals surface area (Å²) in [6, 6.07) is 6.26. The Hall–Kier alpha value is -0.580. The summed E-state index contributed by atoms with van der Waals surface area (Å²) in [5.41, 5.74) is 1.27. The third-order valence-electron chi connectivity index (χ3n) is 2.75. The predicted molar refractivity (Wildman–Crippen MR) is 82.7 cm³/mol. The summed E-state index contributed by atoms with van der Waals surface area (Å²) in [6.07, 6.45) is 3.21. The topological polar surface area (TPSA) is 30.5 Å². The molecule has 0 saturated heterocycles. The molecule has 0 fully saturated rings. The number of nitrogens with one attached hydrogen (secondary N) is 1. The van der Waals surface area contributed by atoms with E-state index in [1.807, 2.05) is 6.07 Å². The molecule has 0 aromatic heterocycles. The van der Waals surface area contributed by atoms with Crippen LogP contribution in [0.3, 0.4) is 0 Å². The number of methoxy groups -OCH3 is 1. The van der Waals surface area contributed by atoms with Gasteiger partial charge in [-0.05, 0) is 59.4 Å². The molecule has 0 bridgehead atoms. The molecule has 0 radical (unpaired) electrons. The van der Waals surface area contributed by atoms with Gasteiger partial charge in [-0.2, -0.15) is 0 Å². The van der Waals surface area contributed by atoms with E-state index >= 15 is 0 Å². The Morgan fingerprint density at radius 2 is 2.00 bits per heavy atom. The molecule has 0 heterocycles. The predicted octanol–water partition coefficient (Wildman–Crippen LogP) is 3.75. The highest BCUT2D eigenvalue weighted by atomic mass is 79.9. The summed E-state index contributed by atoms with van der Waals surface area (Å²) in [5, 5.41) is 3.39. The molecule has 1 N–H and O–H groups in total. The standard InChI is InChI=1S/C15H24BrNO2/c1-3-8-17-12-13-6-7-15(14(16)11-13)19-10-5-4-9-18-2/h6-7,11,17H,3-5,8-10,12H2,1-2H3. The van der Waals surface area contributed by atoms with E-state index in [0.29, 0.717) is 0 Å². The molecule has 0 aliphatic rings. The van der Waals surface area contributed by atoms with Gasteiger partial charge < -0.3 is 14.8 Å². The van der Waals surface area contributed by atoms with Gasteiger partial charge in [0.1, 0.15) is 5.75 Å². The lowest BCUT2D eigenvalue weighted by Gasteiger charge is -2.10. The van der Waals surface area contributed by atoms with Gasteiger partial charge in [0.15, 0.2) is 0 Å². The van der Waals surface area contributed by atoms with Gasteiger partial charge in [-0.15, -0.1) is 0 Å². The van der Waals surface area contributed by atoms with Gasteiger partial charge in [-0.25, -0.2) is 0 Å². The van der Waals surface area contributed by atoms with Gasteiger partial charge in [-0.3, -0.25) is 0 Å². The van der Waals surface area contributed by atoms with Crippen LogP contribution in [-0.4, -0.2) is 26.9 Å². The maximum Gasteiger partial charge on any atom is 0.133 e. The number of hydrogen-bond donors (Lipinski definition) is 1. The molecule has 19 heavy (non-hydrogen) atoms. The van der Waals surface area contributed by atoms with Gasteiger partial charge in [0.2, 0.25) is 0 Å². The number of hydrogen-bond acceptors (Lipinski definition) is 3. The lowest BCUT2D eigenvalue weighted by atomic mass is 10.2. The Kier molecular flexibility index (Phi) is 8.88. The largest absolute Gasteiger partial charge is 0.492 e. The van der Waals surface area contributed by atoms with Crippen LogP contribution in [-0.2, 0) is 11.3 Å². The van der Waals surface area contributed by atoms with E-state index in [4.69, 9.17) is 9.47 Å². The maximum atomic E-state index is 5.74. The zero-order valence-electron chi connectivity index (χ0n) is 11.9. The lowest BCUT2D eigenvalue weighted by molar-refractivity contribution is 0.184. The summed E-state index contributed by atoms with van der Waals surface area (Å²) >= 11 is 3.56. The van der Waals surface area contributed by atoms with Crippen molar-refractivity contribution < 1.29 is 9.47 Å². The zero-order valence-corrected chi connectivity index (χ0v) is 13.5. The van der Waals surface area contributed by atoms with Crippen molar-refractivity contribution in [3.05, 3.63) is 28.2 Å². The van der Waals surface area contributed by atoms with Crippen LogP contribution in [0.5, 0.6) is 5.75 Å². The van der Waals surface area contributed by atoms with Crippen molar-refractivity contribution >= 4 is 15.9 Å². The Morgan fingerprint density at radius 3 is 2.68 bits per heavy atom. The van der Waals surface area contributed by atoms with E-state index in [1.54, 1.807) is 7.11 Å². The second-order valence-electron chi connectivity index (χ2n) is 4.49. The Morgan fingerprint density at radius 1 is 1.21 bits per heavy atom. The summed E-state index contributed by atoms with van der Waals surface area (Å²) in [5.74, 6) is 0.914. The molecule has 0 saturated carbocycles. The van der Waals surface area contributed by atoms with Crippen molar-refractivity contribution in [1.29, 1.82) is 0 Å². The van der Waals surface area contributed by atoms with Crippen LogP contribution in [0.25, 0.3) is 0 Å². The molecule has 0 aliphatic heterocycles. The van der Waals surface area contributed by atoms with Gasteiger partial charge in [0.05, 0.1) is 11.1 Å². The molecule has 0 amide bonds. The average Bonchev–Trinajstić information content (AvgIpc) is 2.41. The fraction of sp³-hybridized carbons (Fsp3) is 0.600. The van der Waals surface area contributed by atoms with Crippen LogP contribution in [0.15, 0.2) is 22.7 Å². The van der Waals surface area contributed by atoms with Crippen molar-refractivity contribution in [3.8, 4) is 5.75 Å². The zero-order chi connectivity index (χ0) is 13.9. The molecule has 108 valence electrons. The minimum absolute atomic E-state index is 0.732. The van der Waals surface area contributed by atoms with E-state index in [0.717, 1.165) is 55.8 Å². The normalized spacial score (nSPS) is 10.7. The SMILES string of the molecule is CCCNCc1ccc(OCCCCOC)c(Br)c1. The molecular weight excluding hydrogens is 306 g/mol. The summed E-state index contributed by atoms with van der Waals surface area (Å²) < 4.78 is 11.8. The second kappa shape index (κ2) is 10.2. The maximum absolute atomic E-state index is 5.74. The average molecular weight is 330 g/mol. The minimum atomic E-state index is 0.732. The quantitative estimate of drug-likeness (QED) is 0.663. The van der Waals surface area contributed by atoms with E-state index in [2.05, 4.69) is 40.3 Å². The van der Waals surface area contributed by atoms with Crippen LogP contribution in [0.2, 0.25) is 0 Å². The fourth-order valence-electron chi connectivity index (χ4n) is 1.71. The first kappa shape index (κ1) is 16.5. The van der Waals surface area contributed by atoms with Gasteiger partial charge in [0.25, 0.3) is 0 Å². The number of rotatable bonds is 10. The van der Waals surface area contributed by atoms with Crippen LogP contribution < -0.4 is 10.1 Å². The van der Waals surface area contributed by atoms with Gasteiger partial charge in [-0.1, -0.05) is 13.0 Å². The Balaban J connectivity index is 2.34. The number of unbranched alkanes of at least 4 members (excludes halogenated alkanes) is 1. The summed E-state index contributed by atoms with van der Waals surface area (Å²) in [6.45, 7) is 5.65. The monoisotopic (exact) mass is 329 g/mol. The van der Waals surface area contributed by atoms with Gasteiger partial charge in [0, 0.05) is 20.3 Å². The van der Waals surface area contributed by atoms with E-state index < -0.39 is 0 Å². The highest BCUT2D eigenvalue weighted by molar-refractivity contribution is 9.10. The van der Waals surface area contributed by atoms with Crippen molar-refractivity contribution in [3.63, 3.8) is 0 Å². The van der Waals surface area contributed by atoms with Crippen LogP contribution in [0, 0.1) is 0 Å². The number of ether oxygens (including phenoxy) is 2. The first-order valence-corrected chi connectivity index (χ1v) is 7.68. The number of benzene rings is 1. The Labute approximate surface area is 124 Å². The molecule has 0 spiro atoms.